The fraction of sp³-hybridized carbons (Fsp3) is 0.400. The molecule has 0 unspecified atom stereocenters. The molecule has 2 spiro atoms. The first kappa shape index (κ1) is 24.4. The number of thiophene rings is 3. The smallest absolute Gasteiger partial charge is 0.350 e. The summed E-state index contributed by atoms with van der Waals surface area (Å²) in [5.41, 5.74) is 5.83. The highest BCUT2D eigenvalue weighted by atomic mass is 32.1. The molecule has 4 aliphatic carbocycles. The maximum atomic E-state index is 9.37. The maximum absolute atomic E-state index is 9.37. The zero-order valence-electron chi connectivity index (χ0n) is 21.1. The van der Waals surface area contributed by atoms with Gasteiger partial charge in [-0.2, -0.15) is 0 Å². The number of amidine groups is 2. The predicted octanol–water partition coefficient (Wildman–Crippen LogP) is 9.31. The van der Waals surface area contributed by atoms with Crippen molar-refractivity contribution < 1.29 is 0 Å². The number of nitriles is 2. The Morgan fingerprint density at radius 3 is 1.90 bits per heavy atom. The van der Waals surface area contributed by atoms with Crippen molar-refractivity contribution >= 4 is 76.2 Å². The lowest BCUT2D eigenvalue weighted by atomic mass is 9.67. The quantitative estimate of drug-likeness (QED) is 0.177. The molecular formula is C30H22N6S3. The molecule has 190 valence electrons. The summed E-state index contributed by atoms with van der Waals surface area (Å²) in [6, 6.07) is 8.10. The average Bonchev–Trinajstić information content (AvgIpc) is 3.73. The second-order valence-corrected chi connectivity index (χ2v) is 13.9. The van der Waals surface area contributed by atoms with Gasteiger partial charge >= 0.3 is 11.7 Å². The second kappa shape index (κ2) is 8.97. The molecule has 4 aliphatic rings. The summed E-state index contributed by atoms with van der Waals surface area (Å²) < 4.78 is 2.49. The van der Waals surface area contributed by atoms with Crippen LogP contribution < -0.4 is 0 Å². The number of aliphatic imine (C=N–C) groups is 2. The van der Waals surface area contributed by atoms with Crippen LogP contribution in [0.5, 0.6) is 0 Å². The zero-order chi connectivity index (χ0) is 26.8. The van der Waals surface area contributed by atoms with Crippen LogP contribution in [0.2, 0.25) is 0 Å². The van der Waals surface area contributed by atoms with Crippen LogP contribution in [0.15, 0.2) is 22.1 Å². The third-order valence-corrected chi connectivity index (χ3v) is 12.4. The van der Waals surface area contributed by atoms with Gasteiger partial charge in [-0.15, -0.1) is 11.3 Å². The fourth-order valence-electron chi connectivity index (χ4n) is 7.60. The van der Waals surface area contributed by atoms with E-state index in [-0.39, 0.29) is 22.5 Å². The molecular weight excluding hydrogens is 541 g/mol. The number of fused-ring (bicyclic) bond motifs is 10. The highest BCUT2D eigenvalue weighted by molar-refractivity contribution is 7.30. The maximum Gasteiger partial charge on any atom is 0.350 e. The summed E-state index contributed by atoms with van der Waals surface area (Å²) in [6.07, 6.45) is 11.8. The van der Waals surface area contributed by atoms with E-state index in [2.05, 4.69) is 31.8 Å². The highest BCUT2D eigenvalue weighted by Gasteiger charge is 2.59. The van der Waals surface area contributed by atoms with Gasteiger partial charge < -0.3 is 9.69 Å². The summed E-state index contributed by atoms with van der Waals surface area (Å²) in [4.78, 5) is 18.2. The van der Waals surface area contributed by atoms with Crippen molar-refractivity contribution in [2.75, 3.05) is 0 Å². The minimum Gasteiger partial charge on any atom is -0.351 e. The van der Waals surface area contributed by atoms with Gasteiger partial charge in [0.2, 0.25) is 10.0 Å². The number of rotatable bonds is 2. The molecule has 39 heavy (non-hydrogen) atoms. The van der Waals surface area contributed by atoms with Gasteiger partial charge in [-0.05, 0) is 48.0 Å². The van der Waals surface area contributed by atoms with Gasteiger partial charge in [-0.25, -0.2) is 10.5 Å². The Hall–Kier alpha value is -3.60. The van der Waals surface area contributed by atoms with E-state index in [1.165, 1.54) is 74.4 Å². The van der Waals surface area contributed by atoms with Gasteiger partial charge in [0, 0.05) is 32.7 Å². The van der Waals surface area contributed by atoms with Crippen LogP contribution in [0.1, 0.15) is 85.1 Å². The van der Waals surface area contributed by atoms with Crippen LogP contribution in [-0.4, -0.2) is 11.7 Å². The highest BCUT2D eigenvalue weighted by Crippen LogP contribution is 2.73. The van der Waals surface area contributed by atoms with E-state index in [0.29, 0.717) is 0 Å². The standard InChI is InChI=1S/C30H22N6S3/c1-33-19(15-31)35-21-13-17-26(38-21)23-24(29(17)9-5-3-6-10-29)28-25(30(23)11-7-4-8-12-30)27-18(37-28)14-22(39-27)36-20(16-32)34-2/h13-14H,3-12H2. The molecule has 6 nitrogen and oxygen atoms in total. The van der Waals surface area contributed by atoms with Crippen molar-refractivity contribution in [3.8, 4) is 12.1 Å². The molecule has 3 aromatic rings. The molecule has 3 aromatic heterocycles. The summed E-state index contributed by atoms with van der Waals surface area (Å²) in [5.74, 6) is -0.230. The lowest BCUT2D eigenvalue weighted by Crippen LogP contribution is -2.28. The molecule has 0 N–H and O–H groups in total. The molecule has 0 saturated heterocycles. The molecule has 9 heteroatoms. The lowest BCUT2D eigenvalue weighted by molar-refractivity contribution is 0.374. The van der Waals surface area contributed by atoms with Crippen LogP contribution in [0, 0.1) is 35.8 Å². The Bertz CT molecular complexity index is 1790. The molecule has 7 rings (SSSR count). The van der Waals surface area contributed by atoms with E-state index in [1.54, 1.807) is 28.2 Å². The van der Waals surface area contributed by atoms with Crippen molar-refractivity contribution in [3.05, 3.63) is 55.8 Å². The predicted molar refractivity (Wildman–Crippen MR) is 159 cm³/mol. The minimum absolute atomic E-state index is 0.0279. The van der Waals surface area contributed by atoms with Crippen LogP contribution >= 0.6 is 34.0 Å². The van der Waals surface area contributed by atoms with Crippen molar-refractivity contribution in [1.82, 2.24) is 0 Å². The largest absolute Gasteiger partial charge is 0.351 e. The summed E-state index contributed by atoms with van der Waals surface area (Å²) in [5, 5.41) is 20.1. The van der Waals surface area contributed by atoms with E-state index >= 15 is 0 Å². The first-order valence-corrected chi connectivity index (χ1v) is 15.7. The van der Waals surface area contributed by atoms with Crippen LogP contribution in [0.25, 0.3) is 30.2 Å². The number of hydrogen-bond acceptors (Lipinski definition) is 7. The molecule has 0 radical (unpaired) electrons. The third-order valence-electron chi connectivity index (χ3n) is 8.98. The molecule has 0 aromatic carbocycles. The van der Waals surface area contributed by atoms with E-state index in [4.69, 9.17) is 13.1 Å². The van der Waals surface area contributed by atoms with Crippen LogP contribution in [0.3, 0.4) is 0 Å². The van der Waals surface area contributed by atoms with Crippen LogP contribution in [0.4, 0.5) is 10.0 Å². The van der Waals surface area contributed by atoms with Crippen molar-refractivity contribution in [3.63, 3.8) is 0 Å². The third kappa shape index (κ3) is 3.31. The van der Waals surface area contributed by atoms with Gasteiger partial charge in [-0.3, -0.25) is 0 Å². The molecule has 0 bridgehead atoms. The Morgan fingerprint density at radius 2 is 1.31 bits per heavy atom. The Labute approximate surface area is 238 Å². The topological polar surface area (TPSA) is 81.0 Å². The Morgan fingerprint density at radius 1 is 0.744 bits per heavy atom. The SMILES string of the molecule is [C-]#[N+]C(C#N)=Nc1cc2c(s1)C1=C(c3sc4cc(N=C(C#N)[N+]#[C-])sc4c3C13CCCCC3)C21CCCCC1. The molecule has 0 aliphatic heterocycles. The first-order valence-electron chi connectivity index (χ1n) is 13.3. The summed E-state index contributed by atoms with van der Waals surface area (Å²) in [6.45, 7) is 14.6. The average molecular weight is 563 g/mol. The van der Waals surface area contributed by atoms with E-state index < -0.39 is 0 Å². The van der Waals surface area contributed by atoms with Gasteiger partial charge in [-0.1, -0.05) is 84.3 Å². The molecule has 0 amide bonds. The van der Waals surface area contributed by atoms with Gasteiger partial charge in [0.1, 0.15) is 12.1 Å². The monoisotopic (exact) mass is 562 g/mol. The molecule has 3 heterocycles. The Kier molecular flexibility index (Phi) is 5.62. The van der Waals surface area contributed by atoms with Gasteiger partial charge in [0.15, 0.2) is 0 Å². The van der Waals surface area contributed by atoms with Crippen molar-refractivity contribution in [2.45, 2.75) is 75.0 Å². The second-order valence-electron chi connectivity index (χ2n) is 10.8. The van der Waals surface area contributed by atoms with Crippen LogP contribution in [-0.2, 0) is 10.8 Å². The summed E-state index contributed by atoms with van der Waals surface area (Å²) in [7, 11) is 0. The number of allylic oxidation sites excluding steroid dienone is 2. The Balaban J connectivity index is 1.49. The van der Waals surface area contributed by atoms with E-state index in [1.807, 2.05) is 23.5 Å². The molecule has 2 saturated carbocycles. The minimum atomic E-state index is -0.123. The van der Waals surface area contributed by atoms with Gasteiger partial charge in [0.25, 0.3) is 0 Å². The normalized spacial score (nSPS) is 20.8. The van der Waals surface area contributed by atoms with E-state index in [0.717, 1.165) is 35.7 Å². The van der Waals surface area contributed by atoms with Crippen molar-refractivity contribution in [2.24, 2.45) is 9.98 Å². The summed E-state index contributed by atoms with van der Waals surface area (Å²) >= 11 is 5.17. The number of nitrogens with zero attached hydrogens (tertiary/aromatic N) is 6. The first-order chi connectivity index (χ1) is 19.1. The van der Waals surface area contributed by atoms with E-state index in [9.17, 15) is 10.5 Å². The molecule has 2 fully saturated rings. The van der Waals surface area contributed by atoms with Crippen molar-refractivity contribution in [1.29, 1.82) is 10.5 Å². The van der Waals surface area contributed by atoms with Gasteiger partial charge in [0.05, 0.1) is 9.40 Å². The molecule has 0 atom stereocenters. The number of hydrogen-bond donors (Lipinski definition) is 0. The zero-order valence-corrected chi connectivity index (χ0v) is 23.6. The lowest BCUT2D eigenvalue weighted by Gasteiger charge is -2.37. The fourth-order valence-corrected chi connectivity index (χ4v) is 11.7.